The maximum Gasteiger partial charge on any atom is 0.354 e. The molecule has 11 nitrogen and oxygen atoms in total. The molecule has 1 saturated heterocycles. The molecule has 0 saturated carbocycles. The number of hydrogen-bond donors (Lipinski definition) is 2. The summed E-state index contributed by atoms with van der Waals surface area (Å²) in [5.41, 5.74) is -1.21. The number of phenolic OH excluding ortho intramolecular Hbond substituents is 2. The minimum atomic E-state index is -4.42. The molecule has 2 aromatic carbocycles. The van der Waals surface area contributed by atoms with Gasteiger partial charge in [0.2, 0.25) is 5.91 Å². The number of fused-ring (bicyclic) bond motifs is 2. The van der Waals surface area contributed by atoms with E-state index >= 15 is 4.39 Å². The summed E-state index contributed by atoms with van der Waals surface area (Å²) >= 11 is 6.85. The summed E-state index contributed by atoms with van der Waals surface area (Å²) in [6.07, 6.45) is 2.70. The smallest absolute Gasteiger partial charge is 0.354 e. The summed E-state index contributed by atoms with van der Waals surface area (Å²) < 4.78 is 47.2. The van der Waals surface area contributed by atoms with Crippen LogP contribution in [0.5, 0.6) is 11.5 Å². The molecule has 14 heteroatoms. The van der Waals surface area contributed by atoms with Gasteiger partial charge in [0.05, 0.1) is 49.6 Å². The van der Waals surface area contributed by atoms with Crippen LogP contribution in [-0.4, -0.2) is 74.9 Å². The third kappa shape index (κ3) is 4.63. The highest BCUT2D eigenvalue weighted by Crippen LogP contribution is 2.50. The van der Waals surface area contributed by atoms with E-state index in [9.17, 15) is 28.2 Å². The number of aromatic nitrogens is 3. The zero-order valence-corrected chi connectivity index (χ0v) is 27.0. The highest BCUT2D eigenvalue weighted by Gasteiger charge is 2.44. The number of aromatic hydroxyl groups is 2. The number of hydrogen-bond acceptors (Lipinski definition) is 9. The molecule has 1 fully saturated rings. The van der Waals surface area contributed by atoms with E-state index in [1.165, 1.54) is 23.1 Å². The molecule has 0 aliphatic carbocycles. The first-order valence-electron chi connectivity index (χ1n) is 14.6. The zero-order chi connectivity index (χ0) is 33.4. The number of carbonyl (C=O) groups excluding carboxylic acids is 1. The minimum absolute atomic E-state index is 0.0437. The minimum Gasteiger partial charge on any atom is -0.507 e. The van der Waals surface area contributed by atoms with Gasteiger partial charge in [-0.3, -0.25) is 14.3 Å². The number of piperazine rings is 1. The van der Waals surface area contributed by atoms with E-state index in [0.717, 1.165) is 10.6 Å². The lowest BCUT2D eigenvalue weighted by atomic mass is 9.99. The number of nitrogens with zero attached hydrogens (tertiary/aromatic N) is 5. The van der Waals surface area contributed by atoms with Crippen LogP contribution in [0.2, 0.25) is 5.02 Å². The number of benzene rings is 2. The predicted molar refractivity (Wildman–Crippen MR) is 172 cm³/mol. The monoisotopic (exact) mass is 667 g/mol. The van der Waals surface area contributed by atoms with Crippen molar-refractivity contribution in [3.63, 3.8) is 0 Å². The van der Waals surface area contributed by atoms with Gasteiger partial charge in [0.25, 0.3) is 0 Å². The molecule has 4 aromatic rings. The second-order valence-corrected chi connectivity index (χ2v) is 14.3. The van der Waals surface area contributed by atoms with E-state index in [2.05, 4.69) is 16.5 Å². The van der Waals surface area contributed by atoms with E-state index in [0.29, 0.717) is 11.3 Å². The number of pyridine rings is 1. The zero-order valence-electron chi connectivity index (χ0n) is 25.5. The van der Waals surface area contributed by atoms with Crippen molar-refractivity contribution < 1.29 is 27.8 Å². The van der Waals surface area contributed by atoms with Crippen molar-refractivity contribution in [2.75, 3.05) is 23.7 Å². The molecule has 0 radical (unpaired) electrons. The lowest BCUT2D eigenvalue weighted by molar-refractivity contribution is -0.128. The fourth-order valence-electron chi connectivity index (χ4n) is 6.56. The summed E-state index contributed by atoms with van der Waals surface area (Å²) in [4.78, 5) is 38.4. The number of sulfone groups is 1. The Bertz CT molecular complexity index is 2130. The maximum absolute atomic E-state index is 17.4. The van der Waals surface area contributed by atoms with Crippen LogP contribution in [0, 0.1) is 12.7 Å². The Balaban J connectivity index is 1.84. The van der Waals surface area contributed by atoms with Crippen LogP contribution < -0.4 is 10.6 Å². The molecule has 0 bridgehead atoms. The highest BCUT2D eigenvalue weighted by atomic mass is 35.5. The van der Waals surface area contributed by atoms with E-state index in [1.54, 1.807) is 31.0 Å². The lowest BCUT2D eigenvalue weighted by Crippen LogP contribution is -2.60. The van der Waals surface area contributed by atoms with Crippen LogP contribution in [0.4, 0.5) is 10.2 Å². The van der Waals surface area contributed by atoms with Gasteiger partial charge >= 0.3 is 5.69 Å². The fourth-order valence-corrected chi connectivity index (χ4v) is 9.02. The number of aryl methyl sites for hydroxylation is 1. The molecule has 0 spiro atoms. The van der Waals surface area contributed by atoms with Crippen LogP contribution in [0.25, 0.3) is 27.7 Å². The third-order valence-electron chi connectivity index (χ3n) is 8.64. The van der Waals surface area contributed by atoms with Crippen LogP contribution in [-0.2, 0) is 14.6 Å². The number of halogens is 2. The van der Waals surface area contributed by atoms with E-state index < -0.39 is 83.1 Å². The maximum atomic E-state index is 17.4. The number of anilines is 1. The fraction of sp³-hybridized carbons (Fsp3) is 0.312. The van der Waals surface area contributed by atoms with Crippen molar-refractivity contribution in [2.45, 2.75) is 50.6 Å². The summed E-state index contributed by atoms with van der Waals surface area (Å²) in [6.45, 7) is 10.8. The molecule has 2 N–H and O–H groups in total. The molecule has 2 atom stereocenters. The van der Waals surface area contributed by atoms with Gasteiger partial charge in [-0.1, -0.05) is 38.1 Å². The normalized spacial score (nSPS) is 18.8. The van der Waals surface area contributed by atoms with Crippen LogP contribution in [0.1, 0.15) is 37.9 Å². The van der Waals surface area contributed by atoms with Gasteiger partial charge in [0.15, 0.2) is 15.7 Å². The predicted octanol–water partition coefficient (Wildman–Crippen LogP) is 4.46. The Hall–Kier alpha value is -4.49. The van der Waals surface area contributed by atoms with E-state index in [1.807, 2.05) is 13.8 Å². The van der Waals surface area contributed by atoms with Crippen molar-refractivity contribution in [3.8, 4) is 28.3 Å². The number of phenols is 2. The Kier molecular flexibility index (Phi) is 7.59. The topological polar surface area (TPSA) is 146 Å². The Morgan fingerprint density at radius 2 is 1.85 bits per heavy atom. The number of amides is 1. The largest absolute Gasteiger partial charge is 0.507 e. The standard InChI is InChI=1S/C32H31ClFN5O6S/c1-6-21(42)37-13-18-14-46(44,45)30-24-29(26(34)23(25(30)33)22-19(40)8-7-9-20(22)41)39(28-16(4)10-11-35-27(28)15(2)3)32(43)36-31(24)38(18)12-17(37)5/h6-11,15,17-18,40-41H,1,12-14H2,2-5H3. The molecule has 2 aliphatic heterocycles. The average molecular weight is 668 g/mol. The number of rotatable bonds is 4. The number of carbonyl (C=O) groups is 1. The van der Waals surface area contributed by atoms with Crippen LogP contribution in [0.15, 0.2) is 52.8 Å². The molecular formula is C32H31ClFN5O6S. The van der Waals surface area contributed by atoms with Gasteiger partial charge in [-0.15, -0.1) is 0 Å². The van der Waals surface area contributed by atoms with Gasteiger partial charge in [0.1, 0.15) is 17.3 Å². The van der Waals surface area contributed by atoms with Gasteiger partial charge in [-0.05, 0) is 49.6 Å². The SMILES string of the molecule is C=CC(=O)N1CC2CS(=O)(=O)c3c(Cl)c(-c4c(O)cccc4O)c(F)c4c3c(nc(=O)n4-c3c(C)ccnc3C(C)C)N2CC1C. The van der Waals surface area contributed by atoms with Gasteiger partial charge < -0.3 is 20.0 Å². The molecule has 46 heavy (non-hydrogen) atoms. The second kappa shape index (κ2) is 11.1. The molecule has 2 aliphatic rings. The molecule has 240 valence electrons. The molecule has 4 heterocycles. The van der Waals surface area contributed by atoms with Gasteiger partial charge in [-0.2, -0.15) is 4.98 Å². The van der Waals surface area contributed by atoms with Crippen LogP contribution >= 0.6 is 11.6 Å². The molecule has 2 unspecified atom stereocenters. The summed E-state index contributed by atoms with van der Waals surface area (Å²) in [6, 6.07) is 4.03. The van der Waals surface area contributed by atoms with Gasteiger partial charge in [0, 0.05) is 30.9 Å². The molecular weight excluding hydrogens is 637 g/mol. The van der Waals surface area contributed by atoms with Crippen molar-refractivity contribution >= 4 is 44.1 Å². The van der Waals surface area contributed by atoms with Crippen LogP contribution in [0.3, 0.4) is 0 Å². The molecule has 1 amide bonds. The van der Waals surface area contributed by atoms with Crippen molar-refractivity contribution in [3.05, 3.63) is 75.7 Å². The quantitative estimate of drug-likeness (QED) is 0.238. The molecule has 6 rings (SSSR count). The first-order chi connectivity index (χ1) is 21.7. The Morgan fingerprint density at radius 3 is 2.48 bits per heavy atom. The highest BCUT2D eigenvalue weighted by molar-refractivity contribution is 7.91. The first-order valence-corrected chi connectivity index (χ1v) is 16.6. The summed E-state index contributed by atoms with van der Waals surface area (Å²) in [5, 5.41) is 20.8. The average Bonchev–Trinajstić information content (AvgIpc) is 3.07. The third-order valence-corrected chi connectivity index (χ3v) is 11.0. The lowest BCUT2D eigenvalue weighted by Gasteiger charge is -2.44. The van der Waals surface area contributed by atoms with E-state index in [-0.39, 0.29) is 35.9 Å². The Morgan fingerprint density at radius 1 is 1.17 bits per heavy atom. The Labute approximate surface area is 269 Å². The first kappa shape index (κ1) is 31.5. The van der Waals surface area contributed by atoms with E-state index in [4.69, 9.17) is 11.6 Å². The second-order valence-electron chi connectivity index (χ2n) is 11.9. The summed E-state index contributed by atoms with van der Waals surface area (Å²) in [7, 11) is -4.42. The van der Waals surface area contributed by atoms with Gasteiger partial charge in [-0.25, -0.2) is 17.6 Å². The van der Waals surface area contributed by atoms with Crippen molar-refractivity contribution in [2.24, 2.45) is 0 Å². The van der Waals surface area contributed by atoms with Crippen molar-refractivity contribution in [1.82, 2.24) is 19.4 Å². The molecule has 2 aromatic heterocycles. The summed E-state index contributed by atoms with van der Waals surface area (Å²) in [5.74, 6) is -3.57. The van der Waals surface area contributed by atoms with Crippen molar-refractivity contribution in [1.29, 1.82) is 0 Å².